The molecule has 0 spiro atoms. The summed E-state index contributed by atoms with van der Waals surface area (Å²) in [6, 6.07) is 11.1. The highest BCUT2D eigenvalue weighted by Gasteiger charge is 2.41. The van der Waals surface area contributed by atoms with Crippen LogP contribution in [-0.4, -0.2) is 199 Å². The van der Waals surface area contributed by atoms with E-state index in [0.29, 0.717) is 50.3 Å². The maximum Gasteiger partial charge on any atom is 0.329 e. The molecule has 80 heavy (non-hydrogen) atoms. The van der Waals surface area contributed by atoms with Gasteiger partial charge in [-0.05, 0) is 120 Å². The minimum absolute atomic E-state index is 0.000875. The van der Waals surface area contributed by atoms with Crippen LogP contribution in [-0.2, 0) is 74.8 Å². The molecule has 19 nitrogen and oxygen atoms in total. The summed E-state index contributed by atoms with van der Waals surface area (Å²) < 4.78 is 41.1. The molecule has 0 bridgehead atoms. The van der Waals surface area contributed by atoms with Gasteiger partial charge in [0.05, 0.1) is 13.2 Å². The second-order valence-corrected chi connectivity index (χ2v) is 23.5. The van der Waals surface area contributed by atoms with E-state index in [1.165, 1.54) is 23.9 Å². The number of ether oxygens (including phenoxy) is 7. The molecular weight excluding hydrogens is 1020 g/mol. The van der Waals surface area contributed by atoms with Gasteiger partial charge in [0.2, 0.25) is 0 Å². The molecule has 2 amide bonds. The third kappa shape index (κ3) is 22.5. The van der Waals surface area contributed by atoms with E-state index < -0.39 is 84.3 Å². The molecule has 0 saturated carbocycles. The lowest BCUT2D eigenvalue weighted by atomic mass is 10.00. The highest BCUT2D eigenvalue weighted by molar-refractivity contribution is 5.90. The van der Waals surface area contributed by atoms with Crippen molar-refractivity contribution in [1.29, 1.82) is 0 Å². The molecule has 3 rings (SSSR count). The number of nitrogens with one attached hydrogen (secondary N) is 1. The third-order valence-electron chi connectivity index (χ3n) is 14.3. The summed E-state index contributed by atoms with van der Waals surface area (Å²) in [7, 11) is 11.4. The molecule has 9 unspecified atom stereocenters. The van der Waals surface area contributed by atoms with E-state index >= 15 is 4.79 Å². The predicted molar refractivity (Wildman–Crippen MR) is 311 cm³/mol. The zero-order chi connectivity index (χ0) is 60.0. The van der Waals surface area contributed by atoms with Gasteiger partial charge in [-0.15, -0.1) is 0 Å². The van der Waals surface area contributed by atoms with Crippen LogP contribution in [0.1, 0.15) is 113 Å². The molecular formula is C61H100N6O13. The van der Waals surface area contributed by atoms with Crippen LogP contribution in [0, 0.1) is 23.7 Å². The molecule has 1 heterocycles. The molecule has 9 atom stereocenters. The maximum atomic E-state index is 15.1. The van der Waals surface area contributed by atoms with Gasteiger partial charge in [-0.1, -0.05) is 79.7 Å². The molecule has 1 aliphatic rings. The zero-order valence-electron chi connectivity index (χ0n) is 51.7. The number of carbonyl (C=O) groups is 6. The Kier molecular flexibility index (Phi) is 29.5. The minimum Gasteiger partial charge on any atom is -0.460 e. The number of likely N-dealkylation sites (N-methyl/N-ethyl adjacent to an activating group) is 4. The fourth-order valence-electron chi connectivity index (χ4n) is 9.85. The van der Waals surface area contributed by atoms with Crippen LogP contribution >= 0.6 is 0 Å². The number of hydrogen-bond donors (Lipinski definition) is 1. The van der Waals surface area contributed by atoms with Gasteiger partial charge in [0, 0.05) is 85.8 Å². The highest BCUT2D eigenvalue weighted by Crippen LogP contribution is 2.25. The molecule has 0 aliphatic carbocycles. The Bertz CT molecular complexity index is 2200. The normalized spacial score (nSPS) is 24.0. The average molecular weight is 1130 g/mol. The van der Waals surface area contributed by atoms with E-state index in [9.17, 15) is 24.0 Å². The summed E-state index contributed by atoms with van der Waals surface area (Å²) in [4.78, 5) is 96.8. The molecule has 19 heteroatoms. The first-order valence-corrected chi connectivity index (χ1v) is 28.6. The molecule has 1 fully saturated rings. The topological polar surface area (TPSA) is 195 Å². The summed E-state index contributed by atoms with van der Waals surface area (Å²) in [6.45, 7) is 23.4. The molecule has 0 radical (unpaired) electrons. The lowest BCUT2D eigenvalue weighted by Crippen LogP contribution is -2.53. The van der Waals surface area contributed by atoms with Crippen LogP contribution in [0.25, 0.3) is 0 Å². The number of amides is 2. The molecule has 1 saturated heterocycles. The van der Waals surface area contributed by atoms with Gasteiger partial charge in [-0.2, -0.15) is 0 Å². The fraction of sp³-hybridized carbons (Fsp3) is 0.705. The Morgan fingerprint density at radius 2 is 0.850 bits per heavy atom. The Balaban J connectivity index is 2.21. The average Bonchev–Trinajstić information content (AvgIpc) is 3.39. The summed E-state index contributed by atoms with van der Waals surface area (Å²) in [5, 5.41) is 3.24. The Hall–Kier alpha value is -5.34. The summed E-state index contributed by atoms with van der Waals surface area (Å²) in [5.74, 6) is -3.91. The number of methoxy groups -OCH3 is 3. The van der Waals surface area contributed by atoms with Crippen molar-refractivity contribution in [1.82, 2.24) is 19.6 Å². The standard InChI is InChI=1S/C61H100N6O13/c1-39(2)31-50-58(70)79-54(35-46-19-23-48(24-20-46)62-45(11)76-18)56(68)65(14)52(33-41(5)6)60(72)77-44(10)38-64(13)51(32-40(3)4)59(71)80-55(36-47-21-25-49(26-22-47)67(27-29-74-16)28-30-75-17)57(69)66(15)53(34-42(7)8)61(73)78-43(9)37-63(50)12/h19-26,39-45,50-55,62H,27-38H2,1-18H3. The summed E-state index contributed by atoms with van der Waals surface area (Å²) in [6.07, 6.45) is -3.38. The quantitative estimate of drug-likeness (QED) is 0.0711. The van der Waals surface area contributed by atoms with Gasteiger partial charge in [-0.3, -0.25) is 29.0 Å². The van der Waals surface area contributed by atoms with Crippen molar-refractivity contribution in [2.45, 2.75) is 169 Å². The Labute approximate surface area is 478 Å². The van der Waals surface area contributed by atoms with Gasteiger partial charge in [0.15, 0.2) is 12.2 Å². The Morgan fingerprint density at radius 1 is 0.512 bits per heavy atom. The SMILES string of the molecule is COCCN(CCOC)c1ccc(CC2OC(=O)C(CC(C)C)N(C)CC(C)OC(=O)C(CC(C)C)N(C)C(=O)C(Cc3ccc(NC(C)OC)cc3)OC(=O)C(CC(C)C)N(C)CC(C)OC(=O)C(CC(C)C)N(C)C2=O)cc1. The van der Waals surface area contributed by atoms with Crippen LogP contribution in [0.4, 0.5) is 11.4 Å². The second kappa shape index (κ2) is 34.2. The van der Waals surface area contributed by atoms with Gasteiger partial charge in [0.25, 0.3) is 11.8 Å². The van der Waals surface area contributed by atoms with Crippen LogP contribution in [0.15, 0.2) is 48.5 Å². The van der Waals surface area contributed by atoms with E-state index in [1.54, 1.807) is 59.1 Å². The second-order valence-electron chi connectivity index (χ2n) is 23.5. The van der Waals surface area contributed by atoms with E-state index in [0.717, 1.165) is 11.4 Å². The van der Waals surface area contributed by atoms with Crippen LogP contribution < -0.4 is 10.2 Å². The number of rotatable bonds is 22. The number of anilines is 2. The van der Waals surface area contributed by atoms with Gasteiger partial charge >= 0.3 is 23.9 Å². The lowest BCUT2D eigenvalue weighted by molar-refractivity contribution is -0.171. The van der Waals surface area contributed by atoms with E-state index in [-0.39, 0.29) is 68.7 Å². The molecule has 452 valence electrons. The van der Waals surface area contributed by atoms with Gasteiger partial charge in [-0.25, -0.2) is 9.59 Å². The number of benzene rings is 2. The monoisotopic (exact) mass is 1120 g/mol. The molecule has 1 N–H and O–H groups in total. The molecule has 1 aliphatic heterocycles. The number of esters is 4. The van der Waals surface area contributed by atoms with Gasteiger partial charge in [0.1, 0.15) is 42.6 Å². The van der Waals surface area contributed by atoms with Gasteiger partial charge < -0.3 is 53.2 Å². The summed E-state index contributed by atoms with van der Waals surface area (Å²) >= 11 is 0. The zero-order valence-corrected chi connectivity index (χ0v) is 51.7. The first-order valence-electron chi connectivity index (χ1n) is 28.6. The molecule has 0 aromatic heterocycles. The largest absolute Gasteiger partial charge is 0.460 e. The van der Waals surface area contributed by atoms with Crippen molar-refractivity contribution >= 4 is 47.1 Å². The van der Waals surface area contributed by atoms with Crippen LogP contribution in [0.3, 0.4) is 0 Å². The smallest absolute Gasteiger partial charge is 0.329 e. The highest BCUT2D eigenvalue weighted by atomic mass is 16.6. The van der Waals surface area contributed by atoms with E-state index in [2.05, 4.69) is 10.2 Å². The minimum atomic E-state index is -1.36. The Morgan fingerprint density at radius 3 is 1.19 bits per heavy atom. The maximum absolute atomic E-state index is 15.1. The van der Waals surface area contributed by atoms with Crippen LogP contribution in [0.2, 0.25) is 0 Å². The number of nitrogens with zero attached hydrogens (tertiary/aromatic N) is 5. The van der Waals surface area contributed by atoms with Crippen molar-refractivity contribution in [3.63, 3.8) is 0 Å². The number of cyclic esters (lactones) is 4. The predicted octanol–water partition coefficient (Wildman–Crippen LogP) is 7.12. The lowest BCUT2D eigenvalue weighted by Gasteiger charge is -2.35. The first-order chi connectivity index (χ1) is 37.7. The van der Waals surface area contributed by atoms with Crippen molar-refractivity contribution < 1.29 is 61.9 Å². The molecule has 2 aromatic rings. The van der Waals surface area contributed by atoms with Crippen molar-refractivity contribution in [2.24, 2.45) is 23.7 Å². The van der Waals surface area contributed by atoms with Crippen molar-refractivity contribution in [3.05, 3.63) is 59.7 Å². The first kappa shape index (κ1) is 68.9. The summed E-state index contributed by atoms with van der Waals surface area (Å²) in [5.41, 5.74) is 3.12. The van der Waals surface area contributed by atoms with E-state index in [4.69, 9.17) is 33.2 Å². The fourth-order valence-corrected chi connectivity index (χ4v) is 9.85. The molecule has 2 aromatic carbocycles. The van der Waals surface area contributed by atoms with Crippen LogP contribution in [0.5, 0.6) is 0 Å². The third-order valence-corrected chi connectivity index (χ3v) is 14.3. The van der Waals surface area contributed by atoms with Crippen molar-refractivity contribution in [2.75, 3.05) is 99.1 Å². The number of hydrogen-bond acceptors (Lipinski definition) is 17. The number of carbonyl (C=O) groups excluding carboxylic acids is 6. The van der Waals surface area contributed by atoms with E-state index in [1.807, 2.05) is 111 Å². The van der Waals surface area contributed by atoms with Crippen molar-refractivity contribution in [3.8, 4) is 0 Å².